The maximum absolute atomic E-state index is 13.4. The van der Waals surface area contributed by atoms with Gasteiger partial charge >= 0.3 is 0 Å². The van der Waals surface area contributed by atoms with Crippen LogP contribution in [0.1, 0.15) is 38.2 Å². The summed E-state index contributed by atoms with van der Waals surface area (Å²) in [6.45, 7) is 5.43. The number of hydrogen-bond donors (Lipinski definition) is 0. The summed E-state index contributed by atoms with van der Waals surface area (Å²) in [4.78, 5) is 13.6. The van der Waals surface area contributed by atoms with Gasteiger partial charge in [0.05, 0.1) is 18.2 Å². The molecule has 0 saturated carbocycles. The molecule has 0 fully saturated rings. The molecule has 1 aromatic heterocycles. The van der Waals surface area contributed by atoms with Gasteiger partial charge in [0.1, 0.15) is 17.9 Å². The fraction of sp³-hybridized carbons (Fsp3) is 0.304. The van der Waals surface area contributed by atoms with E-state index in [2.05, 4.69) is 5.10 Å². The Hall–Kier alpha value is -3.13. The van der Waals surface area contributed by atoms with E-state index >= 15 is 0 Å². The average Bonchev–Trinajstić information content (AvgIpc) is 3.08. The number of methoxy groups -OCH3 is 1. The highest BCUT2D eigenvalue weighted by atomic mass is 32.2. The molecule has 0 unspecified atom stereocenters. The quantitative estimate of drug-likeness (QED) is 0.520. The Morgan fingerprint density at radius 3 is 2.29 bits per heavy atom. The van der Waals surface area contributed by atoms with Gasteiger partial charge in [0.2, 0.25) is 5.88 Å². The van der Waals surface area contributed by atoms with Crippen LogP contribution in [0.15, 0.2) is 41.4 Å². The molecule has 0 aliphatic rings. The van der Waals surface area contributed by atoms with E-state index in [9.17, 15) is 13.2 Å². The van der Waals surface area contributed by atoms with Crippen molar-refractivity contribution >= 4 is 15.6 Å². The zero-order valence-corrected chi connectivity index (χ0v) is 19.3. The third kappa shape index (κ3) is 4.49. The minimum atomic E-state index is -3.40. The second kappa shape index (κ2) is 8.55. The van der Waals surface area contributed by atoms with E-state index in [1.54, 1.807) is 41.0 Å². The summed E-state index contributed by atoms with van der Waals surface area (Å²) in [5.74, 6) is 0.836. The Labute approximate surface area is 182 Å². The lowest BCUT2D eigenvalue weighted by atomic mass is 9.95. The molecule has 164 valence electrons. The van der Waals surface area contributed by atoms with Gasteiger partial charge in [-0.1, -0.05) is 12.1 Å². The van der Waals surface area contributed by atoms with Crippen molar-refractivity contribution in [1.29, 1.82) is 0 Å². The molecular formula is C23H26N2O5S. The number of ketones is 1. The molecule has 3 rings (SSSR count). The van der Waals surface area contributed by atoms with Crippen LogP contribution in [0, 0.1) is 20.8 Å². The van der Waals surface area contributed by atoms with E-state index in [0.29, 0.717) is 33.7 Å². The molecule has 2 aromatic carbocycles. The summed E-state index contributed by atoms with van der Waals surface area (Å²) >= 11 is 0. The van der Waals surface area contributed by atoms with Gasteiger partial charge in [-0.05, 0) is 61.2 Å². The van der Waals surface area contributed by atoms with E-state index in [1.807, 2.05) is 24.3 Å². The lowest BCUT2D eigenvalue weighted by molar-refractivity contribution is 0.103. The third-order valence-electron chi connectivity index (χ3n) is 5.31. The molecule has 0 saturated heterocycles. The monoisotopic (exact) mass is 442 g/mol. The van der Waals surface area contributed by atoms with Crippen LogP contribution in [-0.4, -0.2) is 37.3 Å². The maximum atomic E-state index is 13.4. The van der Waals surface area contributed by atoms with Crippen LogP contribution in [0.2, 0.25) is 0 Å². The van der Waals surface area contributed by atoms with Gasteiger partial charge in [-0.2, -0.15) is 5.10 Å². The van der Waals surface area contributed by atoms with Crippen LogP contribution in [0.5, 0.6) is 11.6 Å². The zero-order valence-electron chi connectivity index (χ0n) is 18.5. The lowest BCUT2D eigenvalue weighted by Crippen LogP contribution is -2.12. The van der Waals surface area contributed by atoms with E-state index in [-0.39, 0.29) is 17.3 Å². The second-order valence-electron chi connectivity index (χ2n) is 7.55. The fourth-order valence-corrected chi connectivity index (χ4v) is 4.99. The number of rotatable bonds is 7. The van der Waals surface area contributed by atoms with Gasteiger partial charge in [-0.25, -0.2) is 13.1 Å². The smallest absolute Gasteiger partial charge is 0.223 e. The van der Waals surface area contributed by atoms with Crippen LogP contribution < -0.4 is 9.47 Å². The number of hydrogen-bond acceptors (Lipinski definition) is 6. The van der Waals surface area contributed by atoms with Crippen molar-refractivity contribution in [1.82, 2.24) is 9.78 Å². The van der Waals surface area contributed by atoms with Gasteiger partial charge in [0, 0.05) is 18.9 Å². The first-order chi connectivity index (χ1) is 14.5. The van der Waals surface area contributed by atoms with Crippen molar-refractivity contribution in [2.24, 2.45) is 7.05 Å². The number of carbonyl (C=O) groups is 1. The predicted molar refractivity (Wildman–Crippen MR) is 118 cm³/mol. The van der Waals surface area contributed by atoms with E-state index in [4.69, 9.17) is 9.47 Å². The first-order valence-electron chi connectivity index (χ1n) is 9.67. The number of aromatic nitrogens is 2. The van der Waals surface area contributed by atoms with Crippen molar-refractivity contribution < 1.29 is 22.7 Å². The highest BCUT2D eigenvalue weighted by Crippen LogP contribution is 2.30. The standard InChI is InChI=1S/C23H26N2O5S/c1-14-11-19(15(2)16(3)22(14)31(6,27)28)21(26)20-12-24-25(4)23(20)30-13-17-7-9-18(29-5)10-8-17/h7-12H,13H2,1-6H3. The molecule has 0 aliphatic heterocycles. The molecule has 31 heavy (non-hydrogen) atoms. The Bertz CT molecular complexity index is 1240. The van der Waals surface area contributed by atoms with Crippen molar-refractivity contribution in [2.45, 2.75) is 32.3 Å². The first-order valence-corrected chi connectivity index (χ1v) is 11.6. The molecule has 0 atom stereocenters. The number of benzene rings is 2. The highest BCUT2D eigenvalue weighted by molar-refractivity contribution is 7.90. The number of ether oxygens (including phenoxy) is 2. The van der Waals surface area contributed by atoms with Crippen LogP contribution in [0.3, 0.4) is 0 Å². The number of sulfone groups is 1. The molecule has 0 bridgehead atoms. The molecular weight excluding hydrogens is 416 g/mol. The molecule has 0 radical (unpaired) electrons. The Kier molecular flexibility index (Phi) is 6.22. The number of aryl methyl sites for hydroxylation is 2. The second-order valence-corrected chi connectivity index (χ2v) is 9.50. The van der Waals surface area contributed by atoms with Crippen molar-refractivity contribution in [2.75, 3.05) is 13.4 Å². The van der Waals surface area contributed by atoms with Gasteiger partial charge in [0.15, 0.2) is 15.6 Å². The topological polar surface area (TPSA) is 87.5 Å². The molecule has 8 heteroatoms. The van der Waals surface area contributed by atoms with Crippen molar-refractivity contribution in [3.05, 3.63) is 69.9 Å². The molecule has 0 amide bonds. The largest absolute Gasteiger partial charge is 0.497 e. The van der Waals surface area contributed by atoms with Gasteiger partial charge in [0.25, 0.3) is 0 Å². The Morgan fingerprint density at radius 2 is 1.71 bits per heavy atom. The summed E-state index contributed by atoms with van der Waals surface area (Å²) in [7, 11) is -0.0948. The van der Waals surface area contributed by atoms with E-state index in [1.165, 1.54) is 17.1 Å². The van der Waals surface area contributed by atoms with E-state index < -0.39 is 9.84 Å². The van der Waals surface area contributed by atoms with Gasteiger partial charge < -0.3 is 9.47 Å². The SMILES string of the molecule is COc1ccc(COc2c(C(=O)c3cc(C)c(S(C)(=O)=O)c(C)c3C)cnn2C)cc1. The van der Waals surface area contributed by atoms with Crippen molar-refractivity contribution in [3.8, 4) is 11.6 Å². The van der Waals surface area contributed by atoms with E-state index in [0.717, 1.165) is 11.3 Å². The minimum Gasteiger partial charge on any atom is -0.497 e. The zero-order chi connectivity index (χ0) is 22.9. The molecule has 0 aliphatic carbocycles. The summed E-state index contributed by atoms with van der Waals surface area (Å²) in [6, 6.07) is 9.08. The maximum Gasteiger partial charge on any atom is 0.223 e. The third-order valence-corrected chi connectivity index (χ3v) is 6.67. The summed E-state index contributed by atoms with van der Waals surface area (Å²) in [5.41, 5.74) is 3.42. The molecule has 7 nitrogen and oxygen atoms in total. The number of nitrogens with zero attached hydrogens (tertiary/aromatic N) is 2. The van der Waals surface area contributed by atoms with Crippen LogP contribution >= 0.6 is 0 Å². The minimum absolute atomic E-state index is 0.258. The molecule has 1 heterocycles. The molecule has 0 N–H and O–H groups in total. The average molecular weight is 443 g/mol. The first kappa shape index (κ1) is 22.6. The Morgan fingerprint density at radius 1 is 1.06 bits per heavy atom. The van der Waals surface area contributed by atoms with Crippen LogP contribution in [0.4, 0.5) is 0 Å². The Balaban J connectivity index is 1.95. The highest BCUT2D eigenvalue weighted by Gasteiger charge is 2.25. The molecule has 3 aromatic rings. The lowest BCUT2D eigenvalue weighted by Gasteiger charge is -2.15. The molecule has 0 spiro atoms. The van der Waals surface area contributed by atoms with Crippen LogP contribution in [0.25, 0.3) is 0 Å². The summed E-state index contributed by atoms with van der Waals surface area (Å²) in [5, 5.41) is 4.19. The normalized spacial score (nSPS) is 11.4. The van der Waals surface area contributed by atoms with Crippen LogP contribution in [-0.2, 0) is 23.5 Å². The number of carbonyl (C=O) groups excluding carboxylic acids is 1. The summed E-state index contributed by atoms with van der Waals surface area (Å²) < 4.78 is 36.9. The van der Waals surface area contributed by atoms with Gasteiger partial charge in [-0.15, -0.1) is 0 Å². The fourth-order valence-electron chi connectivity index (χ4n) is 3.64. The van der Waals surface area contributed by atoms with Gasteiger partial charge in [-0.3, -0.25) is 4.79 Å². The summed E-state index contributed by atoms with van der Waals surface area (Å²) in [6.07, 6.45) is 2.65. The van der Waals surface area contributed by atoms with Crippen molar-refractivity contribution in [3.63, 3.8) is 0 Å². The predicted octanol–water partition coefficient (Wildman–Crippen LogP) is 3.57.